The van der Waals surface area contributed by atoms with Gasteiger partial charge in [0.25, 0.3) is 0 Å². The van der Waals surface area contributed by atoms with Crippen molar-refractivity contribution in [2.45, 2.75) is 18.9 Å². The molecule has 0 unspecified atom stereocenters. The monoisotopic (exact) mass is 371 g/mol. The van der Waals surface area contributed by atoms with Gasteiger partial charge in [-0.2, -0.15) is 0 Å². The summed E-state index contributed by atoms with van der Waals surface area (Å²) in [6, 6.07) is 13.9. The molecule has 6 heteroatoms. The second kappa shape index (κ2) is 9.73. The highest BCUT2D eigenvalue weighted by Crippen LogP contribution is 2.22. The van der Waals surface area contributed by atoms with Gasteiger partial charge in [-0.15, -0.1) is 0 Å². The van der Waals surface area contributed by atoms with Gasteiger partial charge in [0.15, 0.2) is 0 Å². The fraction of sp³-hybridized carbons (Fsp3) is 0.333. The maximum absolute atomic E-state index is 12.6. The average Bonchev–Trinajstić information content (AvgIpc) is 2.72. The molecule has 1 amide bonds. The molecule has 6 nitrogen and oxygen atoms in total. The van der Waals surface area contributed by atoms with Gasteiger partial charge in [0.2, 0.25) is 5.91 Å². The molecule has 0 saturated heterocycles. The molecule has 1 N–H and O–H groups in total. The molecule has 0 fully saturated rings. The van der Waals surface area contributed by atoms with E-state index in [2.05, 4.69) is 4.74 Å². The number of hydrogen-bond acceptors (Lipinski definition) is 5. The van der Waals surface area contributed by atoms with Crippen LogP contribution in [0.3, 0.4) is 0 Å². The molecule has 0 bridgehead atoms. The van der Waals surface area contributed by atoms with Crippen LogP contribution in [0.1, 0.15) is 33.9 Å². The Bertz CT molecular complexity index is 755. The number of methoxy groups -OCH3 is 2. The number of nitrogens with zero attached hydrogens (tertiary/aromatic N) is 1. The third-order valence-electron chi connectivity index (χ3n) is 4.54. The van der Waals surface area contributed by atoms with Crippen molar-refractivity contribution in [1.82, 2.24) is 4.90 Å². The molecule has 0 aliphatic rings. The predicted molar refractivity (Wildman–Crippen MR) is 102 cm³/mol. The van der Waals surface area contributed by atoms with E-state index in [9.17, 15) is 14.7 Å². The number of aryl methyl sites for hydroxylation is 1. The summed E-state index contributed by atoms with van der Waals surface area (Å²) in [5.74, 6) is 0.268. The van der Waals surface area contributed by atoms with Gasteiger partial charge in [0, 0.05) is 13.5 Å². The van der Waals surface area contributed by atoms with Crippen LogP contribution >= 0.6 is 0 Å². The standard InChI is InChI=1S/C21H25NO5/c1-22(19(14-23)16-9-11-18(26-2)12-10-16)20(24)13-6-15-4-7-17(8-5-15)21(25)27-3/h4-5,7-12,19,23H,6,13-14H2,1-3H3/t19-/m0/s1. The topological polar surface area (TPSA) is 76.1 Å². The van der Waals surface area contributed by atoms with Gasteiger partial charge in [0.05, 0.1) is 32.4 Å². The molecular formula is C21H25NO5. The zero-order chi connectivity index (χ0) is 19.8. The van der Waals surface area contributed by atoms with Crippen LogP contribution in [0.15, 0.2) is 48.5 Å². The minimum Gasteiger partial charge on any atom is -0.497 e. The maximum Gasteiger partial charge on any atom is 0.337 e. The van der Waals surface area contributed by atoms with Gasteiger partial charge in [-0.1, -0.05) is 24.3 Å². The third kappa shape index (κ3) is 5.31. The Kier molecular flexibility index (Phi) is 7.37. The van der Waals surface area contributed by atoms with E-state index in [4.69, 9.17) is 4.74 Å². The minimum absolute atomic E-state index is 0.0677. The molecule has 0 aliphatic heterocycles. The zero-order valence-electron chi connectivity index (χ0n) is 15.8. The third-order valence-corrected chi connectivity index (χ3v) is 4.54. The molecule has 2 rings (SSSR count). The Balaban J connectivity index is 1.97. The Morgan fingerprint density at radius 2 is 1.67 bits per heavy atom. The van der Waals surface area contributed by atoms with E-state index in [0.717, 1.165) is 16.9 Å². The van der Waals surface area contributed by atoms with Crippen molar-refractivity contribution >= 4 is 11.9 Å². The highest BCUT2D eigenvalue weighted by atomic mass is 16.5. The molecule has 2 aromatic carbocycles. The summed E-state index contributed by atoms with van der Waals surface area (Å²) in [6.45, 7) is -0.164. The molecule has 27 heavy (non-hydrogen) atoms. The van der Waals surface area contributed by atoms with Crippen molar-refractivity contribution in [3.05, 3.63) is 65.2 Å². The first-order chi connectivity index (χ1) is 13.0. The summed E-state index contributed by atoms with van der Waals surface area (Å²) in [5, 5.41) is 9.75. The lowest BCUT2D eigenvalue weighted by Crippen LogP contribution is -2.33. The normalized spacial score (nSPS) is 11.6. The lowest BCUT2D eigenvalue weighted by Gasteiger charge is -2.27. The van der Waals surface area contributed by atoms with Crippen LogP contribution in [-0.4, -0.2) is 49.8 Å². The predicted octanol–water partition coefficient (Wildman–Crippen LogP) is 2.61. The van der Waals surface area contributed by atoms with E-state index >= 15 is 0 Å². The van der Waals surface area contributed by atoms with E-state index in [1.54, 1.807) is 43.3 Å². The van der Waals surface area contributed by atoms with Gasteiger partial charge >= 0.3 is 5.97 Å². The minimum atomic E-state index is -0.412. The van der Waals surface area contributed by atoms with Crippen molar-refractivity contribution < 1.29 is 24.2 Å². The average molecular weight is 371 g/mol. The number of rotatable bonds is 8. The molecule has 1 atom stereocenters. The molecule has 0 radical (unpaired) electrons. The van der Waals surface area contributed by atoms with Crippen LogP contribution in [0.2, 0.25) is 0 Å². The number of aliphatic hydroxyl groups excluding tert-OH is 1. The van der Waals surface area contributed by atoms with Crippen LogP contribution in [0, 0.1) is 0 Å². The van der Waals surface area contributed by atoms with E-state index in [0.29, 0.717) is 18.4 Å². The first-order valence-electron chi connectivity index (χ1n) is 8.68. The summed E-state index contributed by atoms with van der Waals surface area (Å²) in [5.41, 5.74) is 2.27. The van der Waals surface area contributed by atoms with E-state index in [1.807, 2.05) is 24.3 Å². The van der Waals surface area contributed by atoms with Crippen LogP contribution < -0.4 is 4.74 Å². The highest BCUT2D eigenvalue weighted by Gasteiger charge is 2.21. The summed E-state index contributed by atoms with van der Waals surface area (Å²) >= 11 is 0. The lowest BCUT2D eigenvalue weighted by molar-refractivity contribution is -0.132. The number of carbonyl (C=O) groups excluding carboxylic acids is 2. The van der Waals surface area contributed by atoms with Gasteiger partial charge in [0.1, 0.15) is 5.75 Å². The first-order valence-corrected chi connectivity index (χ1v) is 8.68. The largest absolute Gasteiger partial charge is 0.497 e. The molecule has 144 valence electrons. The highest BCUT2D eigenvalue weighted by molar-refractivity contribution is 5.89. The number of esters is 1. The summed E-state index contributed by atoms with van der Waals surface area (Å²) in [4.78, 5) is 25.6. The van der Waals surface area contributed by atoms with Crippen molar-refractivity contribution in [2.24, 2.45) is 0 Å². The van der Waals surface area contributed by atoms with Gasteiger partial charge in [-0.3, -0.25) is 4.79 Å². The summed E-state index contributed by atoms with van der Waals surface area (Å²) in [6.07, 6.45) is 0.853. The SMILES string of the molecule is COC(=O)c1ccc(CCC(=O)N(C)[C@@H](CO)c2ccc(OC)cc2)cc1. The van der Waals surface area contributed by atoms with E-state index in [1.165, 1.54) is 7.11 Å². The summed E-state index contributed by atoms with van der Waals surface area (Å²) in [7, 11) is 4.62. The molecule has 0 heterocycles. The van der Waals surface area contributed by atoms with Gasteiger partial charge < -0.3 is 19.5 Å². The fourth-order valence-electron chi connectivity index (χ4n) is 2.80. The van der Waals surface area contributed by atoms with Crippen molar-refractivity contribution in [3.63, 3.8) is 0 Å². The number of hydrogen-bond donors (Lipinski definition) is 1. The molecule has 0 aromatic heterocycles. The number of amides is 1. The second-order valence-electron chi connectivity index (χ2n) is 6.16. The smallest absolute Gasteiger partial charge is 0.337 e. The number of aliphatic hydroxyl groups is 1. The number of carbonyl (C=O) groups is 2. The van der Waals surface area contributed by atoms with Crippen LogP contribution in [0.5, 0.6) is 5.75 Å². The molecule has 0 aliphatic carbocycles. The first kappa shape index (κ1) is 20.5. The van der Waals surface area contributed by atoms with Crippen molar-refractivity contribution in [3.8, 4) is 5.75 Å². The van der Waals surface area contributed by atoms with Gasteiger partial charge in [-0.25, -0.2) is 4.79 Å². The van der Waals surface area contributed by atoms with Crippen molar-refractivity contribution in [2.75, 3.05) is 27.9 Å². The van der Waals surface area contributed by atoms with Gasteiger partial charge in [-0.05, 0) is 41.8 Å². The van der Waals surface area contributed by atoms with Crippen LogP contribution in [0.25, 0.3) is 0 Å². The molecule has 0 saturated carbocycles. The maximum atomic E-state index is 12.6. The Morgan fingerprint density at radius 1 is 1.04 bits per heavy atom. The number of benzene rings is 2. The fourth-order valence-corrected chi connectivity index (χ4v) is 2.80. The Morgan fingerprint density at radius 3 is 2.19 bits per heavy atom. The lowest BCUT2D eigenvalue weighted by atomic mass is 10.0. The Labute approximate surface area is 159 Å². The van der Waals surface area contributed by atoms with E-state index < -0.39 is 6.04 Å². The molecule has 2 aromatic rings. The van der Waals surface area contributed by atoms with Crippen molar-refractivity contribution in [1.29, 1.82) is 0 Å². The molecule has 0 spiro atoms. The Hall–Kier alpha value is -2.86. The summed E-state index contributed by atoms with van der Waals surface area (Å²) < 4.78 is 9.81. The number of likely N-dealkylation sites (N-methyl/N-ethyl adjacent to an activating group) is 1. The number of ether oxygens (including phenoxy) is 2. The van der Waals surface area contributed by atoms with Crippen LogP contribution in [0.4, 0.5) is 0 Å². The quantitative estimate of drug-likeness (QED) is 0.722. The second-order valence-corrected chi connectivity index (χ2v) is 6.16. The van der Waals surface area contributed by atoms with Crippen LogP contribution in [-0.2, 0) is 16.0 Å². The van der Waals surface area contributed by atoms with E-state index in [-0.39, 0.29) is 18.5 Å². The molecular weight excluding hydrogens is 346 g/mol. The zero-order valence-corrected chi connectivity index (χ0v) is 15.8.